The maximum absolute atomic E-state index is 4.15. The summed E-state index contributed by atoms with van der Waals surface area (Å²) in [7, 11) is 0. The summed E-state index contributed by atoms with van der Waals surface area (Å²) < 4.78 is 0. The van der Waals surface area contributed by atoms with Crippen molar-refractivity contribution >= 4 is 6.21 Å². The van der Waals surface area contributed by atoms with Crippen LogP contribution in [0.15, 0.2) is 5.10 Å². The smallest absolute Gasteiger partial charge is 0.0936 e. The fraction of sp³-hybridized carbons (Fsp3) is 0.833. The third kappa shape index (κ3) is 1.42. The molecule has 0 saturated carbocycles. The Morgan fingerprint density at radius 2 is 2.56 bits per heavy atom. The van der Waals surface area contributed by atoms with Crippen molar-refractivity contribution in [1.82, 2.24) is 10.3 Å². The van der Waals surface area contributed by atoms with Crippen molar-refractivity contribution in [2.75, 3.05) is 13.1 Å². The number of nitrogens with one attached hydrogen (secondary N) is 1. The second-order valence-corrected chi connectivity index (χ2v) is 2.17. The lowest BCUT2D eigenvalue weighted by Gasteiger charge is -2.15. The maximum atomic E-state index is 4.15. The Labute approximate surface area is 55.7 Å². The van der Waals surface area contributed by atoms with Crippen LogP contribution in [0.4, 0.5) is 0 Å². The van der Waals surface area contributed by atoms with Gasteiger partial charge in [-0.25, -0.2) is 0 Å². The summed E-state index contributed by atoms with van der Waals surface area (Å²) in [5, 5.41) is 9.46. The average molecular weight is 127 g/mol. The molecule has 0 radical (unpaired) electrons. The standard InChI is InChI=1S/C6H13N3/c1-3-8-9-5-4-7-6(9)2/h3,6-7H,4-5H2,1-2H3/b8-3+. The Kier molecular flexibility index (Phi) is 2.05. The molecule has 1 heterocycles. The molecule has 1 fully saturated rings. The first-order chi connectivity index (χ1) is 4.34. The molecule has 0 bridgehead atoms. The first kappa shape index (κ1) is 6.55. The van der Waals surface area contributed by atoms with Gasteiger partial charge in [-0.3, -0.25) is 10.3 Å². The third-order valence-electron chi connectivity index (χ3n) is 1.49. The van der Waals surface area contributed by atoms with Gasteiger partial charge in [-0.1, -0.05) is 0 Å². The van der Waals surface area contributed by atoms with Crippen LogP contribution >= 0.6 is 0 Å². The van der Waals surface area contributed by atoms with E-state index in [1.54, 1.807) is 0 Å². The average Bonchev–Trinajstić information content (AvgIpc) is 2.18. The van der Waals surface area contributed by atoms with E-state index in [1.165, 1.54) is 0 Å². The highest BCUT2D eigenvalue weighted by Gasteiger charge is 2.15. The normalized spacial score (nSPS) is 28.2. The Balaban J connectivity index is 2.39. The van der Waals surface area contributed by atoms with Crippen molar-refractivity contribution in [1.29, 1.82) is 0 Å². The molecule has 1 saturated heterocycles. The van der Waals surface area contributed by atoms with Crippen molar-refractivity contribution in [2.45, 2.75) is 20.0 Å². The molecule has 0 spiro atoms. The number of rotatable bonds is 1. The number of hydrogen-bond donors (Lipinski definition) is 1. The summed E-state index contributed by atoms with van der Waals surface area (Å²) in [4.78, 5) is 0. The Hall–Kier alpha value is -0.570. The molecular weight excluding hydrogens is 114 g/mol. The first-order valence-corrected chi connectivity index (χ1v) is 3.33. The van der Waals surface area contributed by atoms with Gasteiger partial charge in [0.25, 0.3) is 0 Å². The monoisotopic (exact) mass is 127 g/mol. The number of hydrogen-bond acceptors (Lipinski definition) is 3. The van der Waals surface area contributed by atoms with Crippen LogP contribution in [0.1, 0.15) is 13.8 Å². The van der Waals surface area contributed by atoms with Gasteiger partial charge in [-0.05, 0) is 13.8 Å². The zero-order valence-corrected chi connectivity index (χ0v) is 5.96. The molecule has 0 aromatic rings. The zero-order valence-electron chi connectivity index (χ0n) is 5.96. The summed E-state index contributed by atoms with van der Waals surface area (Å²) in [6.45, 7) is 6.13. The van der Waals surface area contributed by atoms with Crippen LogP contribution in [0.25, 0.3) is 0 Å². The summed E-state index contributed by atoms with van der Waals surface area (Å²) in [5.74, 6) is 0. The van der Waals surface area contributed by atoms with Crippen LogP contribution in [-0.4, -0.2) is 30.5 Å². The molecule has 1 rings (SSSR count). The lowest BCUT2D eigenvalue weighted by atomic mass is 10.6. The molecule has 1 N–H and O–H groups in total. The zero-order chi connectivity index (χ0) is 6.69. The molecule has 9 heavy (non-hydrogen) atoms. The molecule has 3 nitrogen and oxygen atoms in total. The highest BCUT2D eigenvalue weighted by Crippen LogP contribution is 2.00. The van der Waals surface area contributed by atoms with Gasteiger partial charge in [0.15, 0.2) is 0 Å². The molecule has 1 aliphatic heterocycles. The highest BCUT2D eigenvalue weighted by molar-refractivity contribution is 5.52. The summed E-state index contributed by atoms with van der Waals surface area (Å²) in [6, 6.07) is 0. The van der Waals surface area contributed by atoms with Gasteiger partial charge in [0.2, 0.25) is 0 Å². The number of hydrazone groups is 1. The quantitative estimate of drug-likeness (QED) is 0.511. The topological polar surface area (TPSA) is 27.6 Å². The van der Waals surface area contributed by atoms with E-state index in [-0.39, 0.29) is 0 Å². The predicted octanol–water partition coefficient (Wildman–Crippen LogP) is 0.243. The summed E-state index contributed by atoms with van der Waals surface area (Å²) >= 11 is 0. The maximum Gasteiger partial charge on any atom is 0.0936 e. The van der Waals surface area contributed by atoms with E-state index in [0.29, 0.717) is 6.17 Å². The minimum Gasteiger partial charge on any atom is -0.294 e. The molecule has 0 aliphatic carbocycles. The van der Waals surface area contributed by atoms with Crippen LogP contribution in [0.2, 0.25) is 0 Å². The molecule has 0 amide bonds. The minimum absolute atomic E-state index is 0.418. The van der Waals surface area contributed by atoms with Crippen molar-refractivity contribution in [3.63, 3.8) is 0 Å². The largest absolute Gasteiger partial charge is 0.294 e. The second-order valence-electron chi connectivity index (χ2n) is 2.17. The van der Waals surface area contributed by atoms with E-state index in [4.69, 9.17) is 0 Å². The fourth-order valence-corrected chi connectivity index (χ4v) is 0.993. The number of nitrogens with zero attached hydrogens (tertiary/aromatic N) is 2. The van der Waals surface area contributed by atoms with Gasteiger partial charge in [0.05, 0.1) is 12.7 Å². The van der Waals surface area contributed by atoms with Crippen LogP contribution in [-0.2, 0) is 0 Å². The van der Waals surface area contributed by atoms with Crippen LogP contribution in [0.5, 0.6) is 0 Å². The molecule has 1 unspecified atom stereocenters. The molecule has 0 aromatic carbocycles. The van der Waals surface area contributed by atoms with E-state index in [0.717, 1.165) is 13.1 Å². The van der Waals surface area contributed by atoms with E-state index < -0.39 is 0 Å². The van der Waals surface area contributed by atoms with Gasteiger partial charge in [0, 0.05) is 12.8 Å². The van der Waals surface area contributed by atoms with Crippen molar-refractivity contribution in [2.24, 2.45) is 5.10 Å². The third-order valence-corrected chi connectivity index (χ3v) is 1.49. The van der Waals surface area contributed by atoms with Gasteiger partial charge in [0.1, 0.15) is 0 Å². The second kappa shape index (κ2) is 2.82. The van der Waals surface area contributed by atoms with E-state index in [9.17, 15) is 0 Å². The SMILES string of the molecule is C/C=N/N1CCNC1C. The van der Waals surface area contributed by atoms with E-state index in [1.807, 2.05) is 18.1 Å². The van der Waals surface area contributed by atoms with Crippen molar-refractivity contribution < 1.29 is 0 Å². The van der Waals surface area contributed by atoms with Gasteiger partial charge in [-0.15, -0.1) is 0 Å². The summed E-state index contributed by atoms with van der Waals surface area (Å²) in [6.07, 6.45) is 2.24. The molecule has 1 aliphatic rings. The molecule has 3 heteroatoms. The van der Waals surface area contributed by atoms with Gasteiger partial charge < -0.3 is 0 Å². The van der Waals surface area contributed by atoms with Gasteiger partial charge in [-0.2, -0.15) is 5.10 Å². The lowest BCUT2D eigenvalue weighted by molar-refractivity contribution is 0.272. The molecule has 52 valence electrons. The Morgan fingerprint density at radius 3 is 3.00 bits per heavy atom. The van der Waals surface area contributed by atoms with Crippen LogP contribution in [0.3, 0.4) is 0 Å². The van der Waals surface area contributed by atoms with Crippen LogP contribution in [0, 0.1) is 0 Å². The first-order valence-electron chi connectivity index (χ1n) is 3.33. The van der Waals surface area contributed by atoms with Gasteiger partial charge >= 0.3 is 0 Å². The Bertz CT molecular complexity index is 111. The Morgan fingerprint density at radius 1 is 1.78 bits per heavy atom. The van der Waals surface area contributed by atoms with Crippen molar-refractivity contribution in [3.8, 4) is 0 Å². The minimum atomic E-state index is 0.418. The van der Waals surface area contributed by atoms with Crippen LogP contribution < -0.4 is 5.32 Å². The van der Waals surface area contributed by atoms with E-state index in [2.05, 4.69) is 17.3 Å². The fourth-order valence-electron chi connectivity index (χ4n) is 0.993. The molecule has 0 aromatic heterocycles. The highest BCUT2D eigenvalue weighted by atomic mass is 15.5. The summed E-state index contributed by atoms with van der Waals surface area (Å²) in [5.41, 5.74) is 0. The molecule has 1 atom stereocenters. The molecular formula is C6H13N3. The lowest BCUT2D eigenvalue weighted by Crippen LogP contribution is -2.28. The van der Waals surface area contributed by atoms with Crippen molar-refractivity contribution in [3.05, 3.63) is 0 Å². The predicted molar refractivity (Wildman–Crippen MR) is 38.3 cm³/mol. The van der Waals surface area contributed by atoms with E-state index >= 15 is 0 Å².